The van der Waals surface area contributed by atoms with Crippen molar-refractivity contribution in [2.24, 2.45) is 0 Å². The number of halogens is 1. The van der Waals surface area contributed by atoms with E-state index in [1.54, 1.807) is 19.1 Å². The number of methoxy groups -OCH3 is 1. The molecule has 0 saturated heterocycles. The van der Waals surface area contributed by atoms with Crippen LogP contribution in [-0.4, -0.2) is 18.1 Å². The zero-order chi connectivity index (χ0) is 12.6. The third kappa shape index (κ3) is 1.80. The SMILES string of the molecule is COC(=O)c1c[nH]c2c(Cl)ccc(C)c2c1=O. The molecule has 1 aromatic carbocycles. The molecule has 0 aliphatic rings. The van der Waals surface area contributed by atoms with Gasteiger partial charge in [0.2, 0.25) is 5.43 Å². The Morgan fingerprint density at radius 1 is 1.41 bits per heavy atom. The number of esters is 1. The zero-order valence-electron chi connectivity index (χ0n) is 9.33. The highest BCUT2D eigenvalue weighted by Gasteiger charge is 2.15. The quantitative estimate of drug-likeness (QED) is 0.791. The van der Waals surface area contributed by atoms with Gasteiger partial charge >= 0.3 is 5.97 Å². The van der Waals surface area contributed by atoms with Crippen molar-refractivity contribution >= 4 is 28.5 Å². The van der Waals surface area contributed by atoms with Crippen molar-refractivity contribution in [3.63, 3.8) is 0 Å². The Hall–Kier alpha value is -1.81. The topological polar surface area (TPSA) is 59.2 Å². The highest BCUT2D eigenvalue weighted by molar-refractivity contribution is 6.35. The third-order valence-corrected chi connectivity index (χ3v) is 2.92. The van der Waals surface area contributed by atoms with Crippen LogP contribution in [0.4, 0.5) is 0 Å². The van der Waals surface area contributed by atoms with Gasteiger partial charge in [-0.2, -0.15) is 0 Å². The minimum absolute atomic E-state index is 0.0228. The van der Waals surface area contributed by atoms with E-state index in [0.717, 1.165) is 5.56 Å². The number of hydrogen-bond donors (Lipinski definition) is 1. The highest BCUT2D eigenvalue weighted by atomic mass is 35.5. The predicted octanol–water partition coefficient (Wildman–Crippen LogP) is 2.28. The molecule has 4 nitrogen and oxygen atoms in total. The zero-order valence-corrected chi connectivity index (χ0v) is 10.1. The van der Waals surface area contributed by atoms with E-state index in [1.807, 2.05) is 0 Å². The molecule has 0 unspecified atom stereocenters. The van der Waals surface area contributed by atoms with E-state index in [1.165, 1.54) is 13.3 Å². The van der Waals surface area contributed by atoms with Crippen molar-refractivity contribution in [3.05, 3.63) is 44.7 Å². The minimum Gasteiger partial charge on any atom is -0.465 e. The highest BCUT2D eigenvalue weighted by Crippen LogP contribution is 2.22. The Bertz CT molecular complexity index is 661. The van der Waals surface area contributed by atoms with Crippen LogP contribution in [0.2, 0.25) is 5.02 Å². The fraction of sp³-hybridized carbons (Fsp3) is 0.167. The lowest BCUT2D eigenvalue weighted by molar-refractivity contribution is 0.0599. The molecule has 1 N–H and O–H groups in total. The number of benzene rings is 1. The van der Waals surface area contributed by atoms with Crippen molar-refractivity contribution < 1.29 is 9.53 Å². The Kier molecular flexibility index (Phi) is 2.90. The van der Waals surface area contributed by atoms with Crippen LogP contribution in [0.15, 0.2) is 23.1 Å². The Labute approximate surface area is 102 Å². The summed E-state index contributed by atoms with van der Waals surface area (Å²) in [5.41, 5.74) is 0.900. The molecule has 0 radical (unpaired) electrons. The van der Waals surface area contributed by atoms with Gasteiger partial charge in [-0.3, -0.25) is 4.79 Å². The average Bonchev–Trinajstić information content (AvgIpc) is 2.33. The van der Waals surface area contributed by atoms with Gasteiger partial charge in [0.25, 0.3) is 0 Å². The molecule has 0 bridgehead atoms. The number of pyridine rings is 1. The van der Waals surface area contributed by atoms with Crippen LogP contribution < -0.4 is 5.43 Å². The van der Waals surface area contributed by atoms with Crippen LogP contribution in [0, 0.1) is 6.92 Å². The normalized spacial score (nSPS) is 10.5. The van der Waals surface area contributed by atoms with E-state index in [9.17, 15) is 9.59 Å². The summed E-state index contributed by atoms with van der Waals surface area (Å²) in [4.78, 5) is 26.4. The van der Waals surface area contributed by atoms with Crippen LogP contribution >= 0.6 is 11.6 Å². The van der Waals surface area contributed by atoms with E-state index in [-0.39, 0.29) is 11.0 Å². The van der Waals surface area contributed by atoms with Crippen molar-refractivity contribution in [2.75, 3.05) is 7.11 Å². The largest absolute Gasteiger partial charge is 0.465 e. The number of carbonyl (C=O) groups excluding carboxylic acids is 1. The van der Waals surface area contributed by atoms with Crippen molar-refractivity contribution in [3.8, 4) is 0 Å². The summed E-state index contributed by atoms with van der Waals surface area (Å²) in [6.07, 6.45) is 1.32. The Morgan fingerprint density at radius 3 is 2.76 bits per heavy atom. The van der Waals surface area contributed by atoms with Gasteiger partial charge in [-0.25, -0.2) is 4.79 Å². The van der Waals surface area contributed by atoms with Crippen LogP contribution in [-0.2, 0) is 4.74 Å². The lowest BCUT2D eigenvalue weighted by Crippen LogP contribution is -2.17. The molecule has 17 heavy (non-hydrogen) atoms. The molecule has 0 amide bonds. The van der Waals surface area contributed by atoms with E-state index in [2.05, 4.69) is 9.72 Å². The summed E-state index contributed by atoms with van der Waals surface area (Å²) in [6, 6.07) is 3.44. The van der Waals surface area contributed by atoms with Crippen molar-refractivity contribution in [1.29, 1.82) is 0 Å². The number of fused-ring (bicyclic) bond motifs is 1. The lowest BCUT2D eigenvalue weighted by atomic mass is 10.1. The molecule has 0 aliphatic heterocycles. The van der Waals surface area contributed by atoms with Crippen LogP contribution in [0.1, 0.15) is 15.9 Å². The fourth-order valence-corrected chi connectivity index (χ4v) is 1.93. The molecule has 0 atom stereocenters. The van der Waals surface area contributed by atoms with Crippen molar-refractivity contribution in [2.45, 2.75) is 6.92 Å². The third-order valence-electron chi connectivity index (χ3n) is 2.60. The molecule has 1 aromatic heterocycles. The molecule has 0 saturated carbocycles. The van der Waals surface area contributed by atoms with E-state index in [4.69, 9.17) is 11.6 Å². The van der Waals surface area contributed by atoms with Gasteiger partial charge in [-0.05, 0) is 18.6 Å². The van der Waals surface area contributed by atoms with Gasteiger partial charge in [0.05, 0.1) is 23.0 Å². The molecule has 5 heteroatoms. The minimum atomic E-state index is -0.660. The van der Waals surface area contributed by atoms with Gasteiger partial charge in [-0.1, -0.05) is 17.7 Å². The molecular formula is C12H10ClNO3. The second kappa shape index (κ2) is 4.22. The molecule has 2 aromatic rings. The van der Waals surface area contributed by atoms with Gasteiger partial charge in [0.1, 0.15) is 5.56 Å². The maximum Gasteiger partial charge on any atom is 0.343 e. The summed E-state index contributed by atoms with van der Waals surface area (Å²) in [5, 5.41) is 0.861. The van der Waals surface area contributed by atoms with Crippen LogP contribution in [0.5, 0.6) is 0 Å². The first-order chi connectivity index (χ1) is 8.06. The number of carbonyl (C=O) groups is 1. The summed E-state index contributed by atoms with van der Waals surface area (Å²) < 4.78 is 4.54. The first kappa shape index (κ1) is 11.7. The second-order valence-corrected chi connectivity index (χ2v) is 4.04. The number of nitrogens with one attached hydrogen (secondary N) is 1. The lowest BCUT2D eigenvalue weighted by Gasteiger charge is -2.05. The monoisotopic (exact) mass is 251 g/mol. The van der Waals surface area contributed by atoms with Gasteiger partial charge in [0, 0.05) is 6.20 Å². The maximum absolute atomic E-state index is 12.1. The van der Waals surface area contributed by atoms with Crippen LogP contribution in [0.3, 0.4) is 0 Å². The number of aryl methyl sites for hydroxylation is 1. The van der Waals surface area contributed by atoms with Gasteiger partial charge < -0.3 is 9.72 Å². The molecule has 0 spiro atoms. The van der Waals surface area contributed by atoms with Crippen LogP contribution in [0.25, 0.3) is 10.9 Å². The molecule has 88 valence electrons. The van der Waals surface area contributed by atoms with Gasteiger partial charge in [0.15, 0.2) is 0 Å². The number of hydrogen-bond acceptors (Lipinski definition) is 3. The number of ether oxygens (including phenoxy) is 1. The van der Waals surface area contributed by atoms with Gasteiger partial charge in [-0.15, -0.1) is 0 Å². The standard InChI is InChI=1S/C12H10ClNO3/c1-6-3-4-8(13)10-9(6)11(15)7(5-14-10)12(16)17-2/h3-5H,1-2H3,(H,14,15). The summed E-state index contributed by atoms with van der Waals surface area (Å²) in [7, 11) is 1.23. The number of H-pyrrole nitrogens is 1. The Morgan fingerprint density at radius 2 is 2.12 bits per heavy atom. The summed E-state index contributed by atoms with van der Waals surface area (Å²) in [5.74, 6) is -0.660. The molecule has 2 rings (SSSR count). The second-order valence-electron chi connectivity index (χ2n) is 3.64. The summed E-state index contributed by atoms with van der Waals surface area (Å²) in [6.45, 7) is 1.79. The first-order valence-corrected chi connectivity index (χ1v) is 5.33. The smallest absolute Gasteiger partial charge is 0.343 e. The molecule has 1 heterocycles. The van der Waals surface area contributed by atoms with E-state index >= 15 is 0 Å². The number of rotatable bonds is 1. The average molecular weight is 252 g/mol. The molecule has 0 fully saturated rings. The number of aromatic amines is 1. The Balaban J connectivity index is 2.89. The van der Waals surface area contributed by atoms with E-state index < -0.39 is 5.97 Å². The molecular weight excluding hydrogens is 242 g/mol. The maximum atomic E-state index is 12.1. The fourth-order valence-electron chi connectivity index (χ4n) is 1.72. The molecule has 0 aliphatic carbocycles. The first-order valence-electron chi connectivity index (χ1n) is 4.95. The van der Waals surface area contributed by atoms with Crippen molar-refractivity contribution in [1.82, 2.24) is 4.98 Å². The number of aromatic nitrogens is 1. The summed E-state index contributed by atoms with van der Waals surface area (Å²) >= 11 is 5.98. The van der Waals surface area contributed by atoms with E-state index in [0.29, 0.717) is 15.9 Å². The predicted molar refractivity (Wildman–Crippen MR) is 65.7 cm³/mol.